The number of likely N-dealkylation sites (N-methyl/N-ethyl adjacent to an activating group) is 1. The van der Waals surface area contributed by atoms with E-state index >= 15 is 0 Å². The highest BCUT2D eigenvalue weighted by molar-refractivity contribution is 7.91. The molecule has 0 saturated carbocycles. The van der Waals surface area contributed by atoms with Crippen molar-refractivity contribution in [1.29, 1.82) is 0 Å². The number of hydrogen-bond acceptors (Lipinski definition) is 5. The zero-order valence-corrected chi connectivity index (χ0v) is 16.0. The summed E-state index contributed by atoms with van der Waals surface area (Å²) < 4.78 is 31.9. The Morgan fingerprint density at radius 1 is 1.07 bits per heavy atom. The Kier molecular flexibility index (Phi) is 4.85. The lowest BCUT2D eigenvalue weighted by Gasteiger charge is -2.30. The minimum atomic E-state index is -3.59. The van der Waals surface area contributed by atoms with E-state index in [-0.39, 0.29) is 15.9 Å². The minimum Gasteiger partial charge on any atom is -0.487 e. The predicted octanol–water partition coefficient (Wildman–Crippen LogP) is 3.54. The predicted molar refractivity (Wildman–Crippen MR) is 105 cm³/mol. The van der Waals surface area contributed by atoms with E-state index in [0.717, 1.165) is 31.3 Å². The summed E-state index contributed by atoms with van der Waals surface area (Å²) >= 11 is 0. The summed E-state index contributed by atoms with van der Waals surface area (Å²) in [5.41, 5.74) is 0.692. The lowest BCUT2D eigenvalue weighted by atomic mass is 10.1. The van der Waals surface area contributed by atoms with Crippen molar-refractivity contribution in [2.75, 3.05) is 20.1 Å². The van der Waals surface area contributed by atoms with Crippen molar-refractivity contribution >= 4 is 20.7 Å². The monoisotopic (exact) mass is 382 g/mol. The van der Waals surface area contributed by atoms with Crippen LogP contribution in [0, 0.1) is 0 Å². The Hall–Kier alpha value is -2.44. The largest absolute Gasteiger partial charge is 0.487 e. The molecule has 1 fully saturated rings. The Morgan fingerprint density at radius 2 is 1.89 bits per heavy atom. The van der Waals surface area contributed by atoms with E-state index in [9.17, 15) is 8.42 Å². The number of benzene rings is 2. The van der Waals surface area contributed by atoms with E-state index in [1.54, 1.807) is 36.4 Å². The molecular weight excluding hydrogens is 360 g/mol. The molecule has 1 saturated heterocycles. The summed E-state index contributed by atoms with van der Waals surface area (Å²) in [6.07, 6.45) is 3.67. The Labute approximate surface area is 159 Å². The van der Waals surface area contributed by atoms with Crippen LogP contribution in [0.2, 0.25) is 0 Å². The summed E-state index contributed by atoms with van der Waals surface area (Å²) in [6, 6.07) is 15.7. The Balaban J connectivity index is 1.68. The second-order valence-corrected chi connectivity index (χ2v) is 8.91. The highest BCUT2D eigenvalue weighted by atomic mass is 32.2. The van der Waals surface area contributed by atoms with E-state index in [0.29, 0.717) is 11.3 Å². The molecule has 6 heteroatoms. The summed E-state index contributed by atoms with van der Waals surface area (Å²) in [5, 5.41) is 0.758. The first-order chi connectivity index (χ1) is 13.0. The van der Waals surface area contributed by atoms with Gasteiger partial charge >= 0.3 is 0 Å². The zero-order valence-electron chi connectivity index (χ0n) is 15.2. The van der Waals surface area contributed by atoms with Gasteiger partial charge in [-0.25, -0.2) is 8.42 Å². The standard InChI is InChI=1S/C21H22N2O3S/c1-23-12-6-8-17(15-23)26-20-11-5-7-16-13-19(14-22-21(16)20)27(24,25)18-9-3-2-4-10-18/h2-5,7,9-11,13-14,17H,6,8,12,15H2,1H3. The number of pyridine rings is 1. The number of likely N-dealkylation sites (tertiary alicyclic amines) is 1. The molecule has 2 aromatic carbocycles. The average molecular weight is 382 g/mol. The van der Waals surface area contributed by atoms with Gasteiger partial charge in [-0.3, -0.25) is 4.98 Å². The zero-order chi connectivity index (χ0) is 18.9. The molecule has 1 aliphatic rings. The summed E-state index contributed by atoms with van der Waals surface area (Å²) in [6.45, 7) is 1.98. The molecule has 1 aliphatic heterocycles. The molecule has 1 aromatic heterocycles. The van der Waals surface area contributed by atoms with Crippen molar-refractivity contribution < 1.29 is 13.2 Å². The van der Waals surface area contributed by atoms with Gasteiger partial charge in [0.05, 0.1) is 9.79 Å². The van der Waals surface area contributed by atoms with Crippen molar-refractivity contribution in [3.63, 3.8) is 0 Å². The van der Waals surface area contributed by atoms with Crippen LogP contribution in [-0.2, 0) is 9.84 Å². The van der Waals surface area contributed by atoms with E-state index in [2.05, 4.69) is 16.9 Å². The van der Waals surface area contributed by atoms with Gasteiger partial charge in [0.15, 0.2) is 0 Å². The van der Waals surface area contributed by atoms with Gasteiger partial charge in [0.1, 0.15) is 17.4 Å². The van der Waals surface area contributed by atoms with Gasteiger partial charge in [-0.15, -0.1) is 0 Å². The third-order valence-corrected chi connectivity index (χ3v) is 6.62. The van der Waals surface area contributed by atoms with Gasteiger partial charge in [0.2, 0.25) is 9.84 Å². The van der Waals surface area contributed by atoms with Crippen molar-refractivity contribution in [2.24, 2.45) is 0 Å². The first-order valence-corrected chi connectivity index (χ1v) is 10.6. The third-order valence-electron chi connectivity index (χ3n) is 4.89. The average Bonchev–Trinajstić information content (AvgIpc) is 2.68. The second-order valence-electron chi connectivity index (χ2n) is 6.96. The van der Waals surface area contributed by atoms with Crippen molar-refractivity contribution in [3.05, 3.63) is 60.8 Å². The lowest BCUT2D eigenvalue weighted by Crippen LogP contribution is -2.38. The quantitative estimate of drug-likeness (QED) is 0.691. The first-order valence-electron chi connectivity index (χ1n) is 9.08. The molecule has 140 valence electrons. The van der Waals surface area contributed by atoms with Crippen molar-refractivity contribution in [1.82, 2.24) is 9.88 Å². The molecule has 2 heterocycles. The van der Waals surface area contributed by atoms with Gasteiger partial charge in [0.25, 0.3) is 0 Å². The SMILES string of the molecule is CN1CCCC(Oc2cccc3cc(S(=O)(=O)c4ccccc4)cnc23)C1. The van der Waals surface area contributed by atoms with Crippen LogP contribution >= 0.6 is 0 Å². The molecule has 4 rings (SSSR count). The van der Waals surface area contributed by atoms with Gasteiger partial charge in [-0.05, 0) is 50.7 Å². The summed E-state index contributed by atoms with van der Waals surface area (Å²) in [4.78, 5) is 7.16. The lowest BCUT2D eigenvalue weighted by molar-refractivity contribution is 0.105. The number of rotatable bonds is 4. The maximum absolute atomic E-state index is 12.8. The van der Waals surface area contributed by atoms with E-state index in [4.69, 9.17) is 4.74 Å². The smallest absolute Gasteiger partial charge is 0.208 e. The molecule has 0 bridgehead atoms. The number of fused-ring (bicyclic) bond motifs is 1. The van der Waals surface area contributed by atoms with Crippen LogP contribution in [-0.4, -0.2) is 44.5 Å². The molecule has 3 aromatic rings. The molecule has 5 nitrogen and oxygen atoms in total. The number of aromatic nitrogens is 1. The van der Waals surface area contributed by atoms with Crippen LogP contribution in [0.4, 0.5) is 0 Å². The highest BCUT2D eigenvalue weighted by Crippen LogP contribution is 2.29. The summed E-state index contributed by atoms with van der Waals surface area (Å²) in [5.74, 6) is 0.705. The fraction of sp³-hybridized carbons (Fsp3) is 0.286. The van der Waals surface area contributed by atoms with Gasteiger partial charge < -0.3 is 9.64 Å². The number of hydrogen-bond donors (Lipinski definition) is 0. The van der Waals surface area contributed by atoms with E-state index < -0.39 is 9.84 Å². The van der Waals surface area contributed by atoms with Crippen LogP contribution in [0.25, 0.3) is 10.9 Å². The molecule has 1 atom stereocenters. The van der Waals surface area contributed by atoms with Crippen molar-refractivity contribution in [3.8, 4) is 5.75 Å². The second kappa shape index (κ2) is 7.29. The van der Waals surface area contributed by atoms with Crippen LogP contribution in [0.15, 0.2) is 70.6 Å². The van der Waals surface area contributed by atoms with Crippen LogP contribution in [0.1, 0.15) is 12.8 Å². The molecule has 0 N–H and O–H groups in total. The number of sulfone groups is 1. The van der Waals surface area contributed by atoms with Gasteiger partial charge in [0, 0.05) is 18.1 Å². The van der Waals surface area contributed by atoms with Crippen molar-refractivity contribution in [2.45, 2.75) is 28.7 Å². The molecular formula is C21H22N2O3S. The normalized spacial score (nSPS) is 18.5. The fourth-order valence-corrected chi connectivity index (χ4v) is 4.75. The Bertz CT molecular complexity index is 1050. The third kappa shape index (κ3) is 3.68. The number of piperidine rings is 1. The van der Waals surface area contributed by atoms with Crippen LogP contribution in [0.3, 0.4) is 0 Å². The molecule has 0 spiro atoms. The number of nitrogens with zero attached hydrogens (tertiary/aromatic N) is 2. The first kappa shape index (κ1) is 17.9. The Morgan fingerprint density at radius 3 is 2.67 bits per heavy atom. The van der Waals surface area contributed by atoms with Crippen LogP contribution < -0.4 is 4.74 Å². The molecule has 0 amide bonds. The minimum absolute atomic E-state index is 0.129. The topological polar surface area (TPSA) is 59.5 Å². The maximum Gasteiger partial charge on any atom is 0.208 e. The molecule has 0 aliphatic carbocycles. The van der Waals surface area contributed by atoms with Crippen LogP contribution in [0.5, 0.6) is 5.75 Å². The van der Waals surface area contributed by atoms with E-state index in [1.165, 1.54) is 6.20 Å². The highest BCUT2D eigenvalue weighted by Gasteiger charge is 2.21. The number of para-hydroxylation sites is 1. The van der Waals surface area contributed by atoms with E-state index in [1.807, 2.05) is 18.2 Å². The molecule has 27 heavy (non-hydrogen) atoms. The maximum atomic E-state index is 12.8. The number of ether oxygens (including phenoxy) is 1. The van der Waals surface area contributed by atoms with Gasteiger partial charge in [-0.2, -0.15) is 0 Å². The molecule has 0 radical (unpaired) electrons. The molecule has 1 unspecified atom stereocenters. The van der Waals surface area contributed by atoms with Gasteiger partial charge in [-0.1, -0.05) is 30.3 Å². The fourth-order valence-electron chi connectivity index (χ4n) is 3.49. The summed E-state index contributed by atoms with van der Waals surface area (Å²) in [7, 11) is -1.49.